The third-order valence-electron chi connectivity index (χ3n) is 0.595. The fourth-order valence-electron chi connectivity index (χ4n) is 0.305. The lowest BCUT2D eigenvalue weighted by atomic mass is 10.5. The lowest BCUT2D eigenvalue weighted by molar-refractivity contribution is 0.196. The molecule has 0 aromatic carbocycles. The van der Waals surface area contributed by atoms with Crippen molar-refractivity contribution in [3.63, 3.8) is 0 Å². The van der Waals surface area contributed by atoms with E-state index in [1.165, 1.54) is 0 Å². The van der Waals surface area contributed by atoms with Crippen molar-refractivity contribution in [2.45, 2.75) is 13.3 Å². The molecule has 0 spiro atoms. The van der Waals surface area contributed by atoms with E-state index < -0.39 is 0 Å². The zero-order valence-corrected chi connectivity index (χ0v) is 4.61. The molecule has 7 heavy (non-hydrogen) atoms. The van der Waals surface area contributed by atoms with Gasteiger partial charge >= 0.3 is 0 Å². The molecule has 2 heteroatoms. The SMILES string of the molecule is CC[CH]NCC[O]. The molecule has 0 fully saturated rings. The molecule has 0 aliphatic rings. The molecule has 0 amide bonds. The van der Waals surface area contributed by atoms with Gasteiger partial charge in [-0.1, -0.05) is 6.92 Å². The van der Waals surface area contributed by atoms with Gasteiger partial charge in [0.25, 0.3) is 0 Å². The maximum atomic E-state index is 9.72. The van der Waals surface area contributed by atoms with Crippen LogP contribution in [0.4, 0.5) is 0 Å². The fraction of sp³-hybridized carbons (Fsp3) is 0.800. The largest absolute Gasteiger partial charge is 0.310 e. The fourth-order valence-corrected chi connectivity index (χ4v) is 0.305. The molecule has 42 valence electrons. The number of hydrogen-bond acceptors (Lipinski definition) is 1. The average molecular weight is 101 g/mol. The molecular weight excluding hydrogens is 90.1 g/mol. The molecule has 0 saturated carbocycles. The minimum absolute atomic E-state index is 0.0312. The van der Waals surface area contributed by atoms with Gasteiger partial charge in [0.2, 0.25) is 0 Å². The lowest BCUT2D eigenvalue weighted by Gasteiger charge is -1.93. The molecule has 0 aliphatic heterocycles. The van der Waals surface area contributed by atoms with Gasteiger partial charge in [0.05, 0.1) is 6.61 Å². The second kappa shape index (κ2) is 5.92. The van der Waals surface area contributed by atoms with E-state index in [-0.39, 0.29) is 6.61 Å². The third kappa shape index (κ3) is 5.92. The van der Waals surface area contributed by atoms with Gasteiger partial charge in [-0.05, 0) is 6.42 Å². The second-order valence-electron chi connectivity index (χ2n) is 1.27. The zero-order valence-electron chi connectivity index (χ0n) is 4.61. The van der Waals surface area contributed by atoms with Gasteiger partial charge in [0.1, 0.15) is 0 Å². The van der Waals surface area contributed by atoms with Crippen molar-refractivity contribution in [2.24, 2.45) is 0 Å². The summed E-state index contributed by atoms with van der Waals surface area (Å²) >= 11 is 0. The molecule has 0 atom stereocenters. The van der Waals surface area contributed by atoms with Crippen molar-refractivity contribution in [1.29, 1.82) is 0 Å². The van der Waals surface area contributed by atoms with Crippen molar-refractivity contribution in [3.8, 4) is 0 Å². The van der Waals surface area contributed by atoms with Gasteiger partial charge in [-0.15, -0.1) is 0 Å². The van der Waals surface area contributed by atoms with Crippen molar-refractivity contribution in [1.82, 2.24) is 5.32 Å². The summed E-state index contributed by atoms with van der Waals surface area (Å²) in [5.41, 5.74) is 0. The normalized spacial score (nSPS) is 9.43. The predicted octanol–water partition coefficient (Wildman–Crippen LogP) is 0.578. The number of hydrogen-bond donors (Lipinski definition) is 1. The van der Waals surface area contributed by atoms with E-state index in [0.717, 1.165) is 6.42 Å². The van der Waals surface area contributed by atoms with Gasteiger partial charge in [0, 0.05) is 13.1 Å². The first kappa shape index (κ1) is 6.92. The summed E-state index contributed by atoms with van der Waals surface area (Å²) in [4.78, 5) is 0. The van der Waals surface area contributed by atoms with Crippen LogP contribution in [0.5, 0.6) is 0 Å². The Bertz CT molecular complexity index is 27.3. The highest BCUT2D eigenvalue weighted by Crippen LogP contribution is 1.74. The molecule has 0 rings (SSSR count). The summed E-state index contributed by atoms with van der Waals surface area (Å²) in [6.45, 7) is 4.44. The van der Waals surface area contributed by atoms with Crippen LogP contribution in [0.2, 0.25) is 0 Å². The van der Waals surface area contributed by atoms with Crippen LogP contribution in [0.25, 0.3) is 0 Å². The van der Waals surface area contributed by atoms with Crippen LogP contribution in [0.15, 0.2) is 0 Å². The van der Waals surface area contributed by atoms with E-state index in [0.29, 0.717) is 6.54 Å². The van der Waals surface area contributed by atoms with E-state index in [9.17, 15) is 5.11 Å². The van der Waals surface area contributed by atoms with E-state index in [4.69, 9.17) is 0 Å². The van der Waals surface area contributed by atoms with Gasteiger partial charge in [-0.3, -0.25) is 0 Å². The van der Waals surface area contributed by atoms with E-state index in [1.54, 1.807) is 0 Å². The topological polar surface area (TPSA) is 31.9 Å². The first-order chi connectivity index (χ1) is 3.41. The minimum Gasteiger partial charge on any atom is -0.310 e. The smallest absolute Gasteiger partial charge is 0.0946 e. The Balaban J connectivity index is 2.45. The van der Waals surface area contributed by atoms with Crippen LogP contribution in [0.1, 0.15) is 13.3 Å². The number of rotatable bonds is 4. The first-order valence-electron chi connectivity index (χ1n) is 2.55. The van der Waals surface area contributed by atoms with Crippen LogP contribution in [0.3, 0.4) is 0 Å². The van der Waals surface area contributed by atoms with Crippen molar-refractivity contribution in [2.75, 3.05) is 13.2 Å². The Labute approximate surface area is 44.5 Å². The Morgan fingerprint density at radius 1 is 1.71 bits per heavy atom. The third-order valence-corrected chi connectivity index (χ3v) is 0.595. The summed E-state index contributed by atoms with van der Waals surface area (Å²) in [6.07, 6.45) is 0.986. The summed E-state index contributed by atoms with van der Waals surface area (Å²) in [5.74, 6) is 0. The van der Waals surface area contributed by atoms with Crippen LogP contribution in [-0.4, -0.2) is 13.2 Å². The van der Waals surface area contributed by atoms with Gasteiger partial charge in [-0.2, -0.15) is 0 Å². The molecular formula is C5H11NO. The van der Waals surface area contributed by atoms with Crippen LogP contribution in [-0.2, 0) is 5.11 Å². The Morgan fingerprint density at radius 3 is 2.86 bits per heavy atom. The van der Waals surface area contributed by atoms with Crippen molar-refractivity contribution >= 4 is 0 Å². The van der Waals surface area contributed by atoms with E-state index >= 15 is 0 Å². The molecule has 0 aromatic heterocycles. The monoisotopic (exact) mass is 101 g/mol. The Kier molecular flexibility index (Phi) is 5.85. The molecule has 1 N–H and O–H groups in total. The maximum absolute atomic E-state index is 9.72. The maximum Gasteiger partial charge on any atom is 0.0946 e. The molecule has 2 nitrogen and oxygen atoms in total. The highest BCUT2D eigenvalue weighted by molar-refractivity contribution is 4.55. The van der Waals surface area contributed by atoms with Gasteiger partial charge < -0.3 is 5.32 Å². The van der Waals surface area contributed by atoms with Crippen molar-refractivity contribution in [3.05, 3.63) is 6.54 Å². The second-order valence-corrected chi connectivity index (χ2v) is 1.27. The molecule has 0 saturated heterocycles. The highest BCUT2D eigenvalue weighted by atomic mass is 16.3. The minimum atomic E-state index is -0.0312. The molecule has 2 radical (unpaired) electrons. The van der Waals surface area contributed by atoms with E-state index in [2.05, 4.69) is 5.32 Å². The molecule has 0 heterocycles. The summed E-state index contributed by atoms with van der Waals surface area (Å²) in [6, 6.07) is 0. The molecule has 0 aliphatic carbocycles. The Hall–Kier alpha value is -0.0800. The standard InChI is InChI=1S/C5H11NO/c1-2-3-6-4-5-7/h3,6H,2,4-5H2,1H3. The van der Waals surface area contributed by atoms with E-state index in [1.807, 2.05) is 13.5 Å². The summed E-state index contributed by atoms with van der Waals surface area (Å²) in [7, 11) is 0. The van der Waals surface area contributed by atoms with Crippen LogP contribution < -0.4 is 5.32 Å². The summed E-state index contributed by atoms with van der Waals surface area (Å²) < 4.78 is 0. The number of nitrogens with one attached hydrogen (secondary N) is 1. The molecule has 0 aromatic rings. The lowest BCUT2D eigenvalue weighted by Crippen LogP contribution is -2.13. The zero-order chi connectivity index (χ0) is 5.54. The summed E-state index contributed by atoms with van der Waals surface area (Å²) in [5, 5.41) is 12.6. The first-order valence-corrected chi connectivity index (χ1v) is 2.55. The van der Waals surface area contributed by atoms with Crippen molar-refractivity contribution < 1.29 is 5.11 Å². The highest BCUT2D eigenvalue weighted by Gasteiger charge is 1.79. The van der Waals surface area contributed by atoms with Gasteiger partial charge in [-0.25, -0.2) is 5.11 Å². The molecule has 0 bridgehead atoms. The molecule has 0 unspecified atom stereocenters. The van der Waals surface area contributed by atoms with Crippen LogP contribution in [0, 0.1) is 6.54 Å². The average Bonchev–Trinajstić information content (AvgIpc) is 1.69. The van der Waals surface area contributed by atoms with Crippen LogP contribution >= 0.6 is 0 Å². The Morgan fingerprint density at radius 2 is 2.43 bits per heavy atom. The van der Waals surface area contributed by atoms with Gasteiger partial charge in [0.15, 0.2) is 0 Å². The predicted molar refractivity (Wildman–Crippen MR) is 28.1 cm³/mol. The quantitative estimate of drug-likeness (QED) is 0.516.